The molecule has 2 N–H and O–H groups in total. The Morgan fingerprint density at radius 1 is 1.33 bits per heavy atom. The van der Waals surface area contributed by atoms with E-state index in [2.05, 4.69) is 0 Å². The molecule has 4 nitrogen and oxygen atoms in total. The summed E-state index contributed by atoms with van der Waals surface area (Å²) in [5, 5.41) is 0. The second-order valence-corrected chi connectivity index (χ2v) is 3.83. The Balaban J connectivity index is 0.00000289. The zero-order valence-corrected chi connectivity index (χ0v) is 11.5. The second kappa shape index (κ2) is 9.88. The van der Waals surface area contributed by atoms with E-state index in [1.165, 1.54) is 0 Å². The van der Waals surface area contributed by atoms with Gasteiger partial charge < -0.3 is 15.4 Å². The predicted octanol–water partition coefficient (Wildman–Crippen LogP) is 1.43. The lowest BCUT2D eigenvalue weighted by Crippen LogP contribution is -2.35. The summed E-state index contributed by atoms with van der Waals surface area (Å²) in [7, 11) is 1.59. The average molecular weight is 273 g/mol. The van der Waals surface area contributed by atoms with Crippen LogP contribution in [0.4, 0.5) is 0 Å². The molecule has 0 aromatic heterocycles. The first-order chi connectivity index (χ1) is 8.27. The number of carbonyl (C=O) groups excluding carboxylic acids is 1. The number of carbonyl (C=O) groups is 1. The van der Waals surface area contributed by atoms with Gasteiger partial charge in [-0.25, -0.2) is 0 Å². The maximum Gasteiger partial charge on any atom is 0.225 e. The first kappa shape index (κ1) is 16.9. The van der Waals surface area contributed by atoms with Crippen molar-refractivity contribution in [3.05, 3.63) is 35.9 Å². The van der Waals surface area contributed by atoms with Crippen LogP contribution < -0.4 is 5.73 Å². The fourth-order valence-electron chi connectivity index (χ4n) is 1.60. The van der Waals surface area contributed by atoms with Crippen LogP contribution in [0.25, 0.3) is 0 Å². The quantitative estimate of drug-likeness (QED) is 0.817. The lowest BCUT2D eigenvalue weighted by Gasteiger charge is -2.22. The summed E-state index contributed by atoms with van der Waals surface area (Å²) in [5.74, 6) is 0.0844. The molecule has 0 aliphatic rings. The molecule has 0 bridgehead atoms. The first-order valence-electron chi connectivity index (χ1n) is 5.78. The van der Waals surface area contributed by atoms with E-state index in [0.717, 1.165) is 5.56 Å². The zero-order chi connectivity index (χ0) is 12.5. The van der Waals surface area contributed by atoms with Crippen molar-refractivity contribution in [2.45, 2.75) is 13.0 Å². The summed E-state index contributed by atoms with van der Waals surface area (Å²) in [5.41, 5.74) is 6.64. The summed E-state index contributed by atoms with van der Waals surface area (Å²) in [6.07, 6.45) is 0.406. The van der Waals surface area contributed by atoms with Gasteiger partial charge in [0, 0.05) is 26.7 Å². The Labute approximate surface area is 115 Å². The highest BCUT2D eigenvalue weighted by Crippen LogP contribution is 2.05. The summed E-state index contributed by atoms with van der Waals surface area (Å²) in [6.45, 7) is 2.12. The number of hydrogen-bond donors (Lipinski definition) is 1. The second-order valence-electron chi connectivity index (χ2n) is 3.83. The maximum atomic E-state index is 11.9. The third-order valence-electron chi connectivity index (χ3n) is 2.49. The number of amides is 1. The number of ether oxygens (including phenoxy) is 1. The van der Waals surface area contributed by atoms with Gasteiger partial charge in [0.25, 0.3) is 0 Å². The lowest BCUT2D eigenvalue weighted by molar-refractivity contribution is -0.132. The van der Waals surface area contributed by atoms with Crippen LogP contribution in [-0.2, 0) is 16.1 Å². The largest absolute Gasteiger partial charge is 0.384 e. The van der Waals surface area contributed by atoms with E-state index in [0.29, 0.717) is 32.7 Å². The van der Waals surface area contributed by atoms with Crippen molar-refractivity contribution >= 4 is 18.3 Å². The Bertz CT molecular complexity index is 333. The van der Waals surface area contributed by atoms with Gasteiger partial charge in [0.1, 0.15) is 0 Å². The fraction of sp³-hybridized carbons (Fsp3) is 0.462. The summed E-state index contributed by atoms with van der Waals surface area (Å²) in [6, 6.07) is 9.91. The van der Waals surface area contributed by atoms with Gasteiger partial charge in [-0.05, 0) is 5.56 Å². The molecule has 1 rings (SSSR count). The standard InChI is InChI=1S/C13H20N2O2.ClH/c1-17-10-7-13(16)15(9-8-14)11-12-5-3-2-4-6-12;/h2-6H,7-11,14H2,1H3;1H. The molecule has 0 heterocycles. The molecule has 1 aromatic rings. The molecule has 0 aliphatic heterocycles. The minimum atomic E-state index is 0. The number of methoxy groups -OCH3 is 1. The molecule has 18 heavy (non-hydrogen) atoms. The van der Waals surface area contributed by atoms with Gasteiger partial charge in [0.15, 0.2) is 0 Å². The number of rotatable bonds is 7. The van der Waals surface area contributed by atoms with Crippen LogP contribution in [0.5, 0.6) is 0 Å². The SMILES string of the molecule is COCCC(=O)N(CCN)Cc1ccccc1.Cl. The van der Waals surface area contributed by atoms with Crippen LogP contribution in [0.1, 0.15) is 12.0 Å². The van der Waals surface area contributed by atoms with Crippen LogP contribution in [0.3, 0.4) is 0 Å². The number of nitrogens with two attached hydrogens (primary N) is 1. The minimum absolute atomic E-state index is 0. The molecule has 102 valence electrons. The number of nitrogens with zero attached hydrogens (tertiary/aromatic N) is 1. The normalized spacial score (nSPS) is 9.67. The van der Waals surface area contributed by atoms with Gasteiger partial charge >= 0.3 is 0 Å². The molecule has 5 heteroatoms. The van der Waals surface area contributed by atoms with E-state index in [4.69, 9.17) is 10.5 Å². The van der Waals surface area contributed by atoms with Crippen LogP contribution in [0, 0.1) is 0 Å². The molecule has 0 saturated carbocycles. The molecule has 0 radical (unpaired) electrons. The van der Waals surface area contributed by atoms with Gasteiger partial charge in [0.05, 0.1) is 13.0 Å². The number of hydrogen-bond acceptors (Lipinski definition) is 3. The molecular formula is C13H21ClN2O2. The van der Waals surface area contributed by atoms with Gasteiger partial charge in [-0.1, -0.05) is 30.3 Å². The molecule has 0 fully saturated rings. The van der Waals surface area contributed by atoms with Crippen molar-refractivity contribution in [3.8, 4) is 0 Å². The van der Waals surface area contributed by atoms with Crippen molar-refractivity contribution in [1.29, 1.82) is 0 Å². The van der Waals surface area contributed by atoms with Crippen molar-refractivity contribution in [3.63, 3.8) is 0 Å². The van der Waals surface area contributed by atoms with Crippen LogP contribution in [0.2, 0.25) is 0 Å². The van der Waals surface area contributed by atoms with Gasteiger partial charge in [0.2, 0.25) is 5.91 Å². The minimum Gasteiger partial charge on any atom is -0.384 e. The third-order valence-corrected chi connectivity index (χ3v) is 2.49. The first-order valence-corrected chi connectivity index (χ1v) is 5.78. The van der Waals surface area contributed by atoms with E-state index in [1.54, 1.807) is 12.0 Å². The van der Waals surface area contributed by atoms with Gasteiger partial charge in [-0.2, -0.15) is 0 Å². The molecule has 0 spiro atoms. The number of benzene rings is 1. The Morgan fingerprint density at radius 3 is 2.56 bits per heavy atom. The van der Waals surface area contributed by atoms with Gasteiger partial charge in [-0.15, -0.1) is 12.4 Å². The highest BCUT2D eigenvalue weighted by molar-refractivity contribution is 5.85. The van der Waals surface area contributed by atoms with Crippen LogP contribution in [0.15, 0.2) is 30.3 Å². The summed E-state index contributed by atoms with van der Waals surface area (Å²) in [4.78, 5) is 13.7. The van der Waals surface area contributed by atoms with E-state index in [9.17, 15) is 4.79 Å². The molecular weight excluding hydrogens is 252 g/mol. The predicted molar refractivity (Wildman–Crippen MR) is 74.7 cm³/mol. The molecule has 0 aliphatic carbocycles. The smallest absolute Gasteiger partial charge is 0.225 e. The fourth-order valence-corrected chi connectivity index (χ4v) is 1.60. The molecule has 1 amide bonds. The molecule has 1 aromatic carbocycles. The third kappa shape index (κ3) is 6.00. The topological polar surface area (TPSA) is 55.6 Å². The van der Waals surface area contributed by atoms with Crippen molar-refractivity contribution in [2.24, 2.45) is 5.73 Å². The summed E-state index contributed by atoms with van der Waals surface area (Å²) >= 11 is 0. The van der Waals surface area contributed by atoms with E-state index in [-0.39, 0.29) is 18.3 Å². The zero-order valence-electron chi connectivity index (χ0n) is 10.7. The summed E-state index contributed by atoms with van der Waals surface area (Å²) < 4.78 is 4.91. The Kier molecular flexibility index (Phi) is 9.28. The Morgan fingerprint density at radius 2 is 2.00 bits per heavy atom. The van der Waals surface area contributed by atoms with Crippen molar-refractivity contribution < 1.29 is 9.53 Å². The van der Waals surface area contributed by atoms with Crippen molar-refractivity contribution in [1.82, 2.24) is 4.90 Å². The van der Waals surface area contributed by atoms with Crippen LogP contribution >= 0.6 is 12.4 Å². The number of halogens is 1. The molecule has 0 atom stereocenters. The monoisotopic (exact) mass is 272 g/mol. The van der Waals surface area contributed by atoms with E-state index < -0.39 is 0 Å². The van der Waals surface area contributed by atoms with Crippen molar-refractivity contribution in [2.75, 3.05) is 26.8 Å². The van der Waals surface area contributed by atoms with Crippen LogP contribution in [-0.4, -0.2) is 37.6 Å². The molecule has 0 unspecified atom stereocenters. The van der Waals surface area contributed by atoms with E-state index >= 15 is 0 Å². The van der Waals surface area contributed by atoms with E-state index in [1.807, 2.05) is 30.3 Å². The molecule has 0 saturated heterocycles. The lowest BCUT2D eigenvalue weighted by atomic mass is 10.2. The average Bonchev–Trinajstić information content (AvgIpc) is 2.36. The van der Waals surface area contributed by atoms with Gasteiger partial charge in [-0.3, -0.25) is 4.79 Å². The highest BCUT2D eigenvalue weighted by atomic mass is 35.5. The maximum absolute atomic E-state index is 11.9. The Hall–Kier alpha value is -1.10. The highest BCUT2D eigenvalue weighted by Gasteiger charge is 2.12.